The third-order valence-electron chi connectivity index (χ3n) is 5.47. The molecule has 0 saturated heterocycles. The zero-order chi connectivity index (χ0) is 15.3. The van der Waals surface area contributed by atoms with E-state index in [1.54, 1.807) is 0 Å². The number of hydrogen-bond donors (Lipinski definition) is 1. The molecule has 1 aliphatic heterocycles. The highest BCUT2D eigenvalue weighted by Crippen LogP contribution is 2.49. The molecular weight excluding hydrogens is 278 g/mol. The van der Waals surface area contributed by atoms with E-state index in [-0.39, 0.29) is 23.7 Å². The summed E-state index contributed by atoms with van der Waals surface area (Å²) in [5.74, 6) is -1.58. The normalized spacial score (nSPS) is 32.1. The Morgan fingerprint density at radius 1 is 1.05 bits per heavy atom. The number of aliphatic carboxylic acids is 1. The summed E-state index contributed by atoms with van der Waals surface area (Å²) in [4.78, 5) is 26.4. The minimum Gasteiger partial charge on any atom is -0.481 e. The number of carbonyl (C=O) groups is 2. The van der Waals surface area contributed by atoms with Gasteiger partial charge in [-0.1, -0.05) is 36.4 Å². The lowest BCUT2D eigenvalue weighted by Gasteiger charge is -2.34. The molecule has 2 unspecified atom stereocenters. The molecule has 0 aromatic heterocycles. The molecule has 3 aliphatic rings. The van der Waals surface area contributed by atoms with Crippen LogP contribution in [0.15, 0.2) is 36.4 Å². The van der Waals surface area contributed by atoms with Crippen LogP contribution >= 0.6 is 0 Å². The van der Waals surface area contributed by atoms with E-state index in [2.05, 4.69) is 12.1 Å². The first-order valence-electron chi connectivity index (χ1n) is 7.92. The Bertz CT molecular complexity index is 666. The molecule has 2 bridgehead atoms. The number of fused-ring (bicyclic) bond motifs is 3. The molecule has 4 atom stereocenters. The quantitative estimate of drug-likeness (QED) is 0.850. The van der Waals surface area contributed by atoms with Crippen molar-refractivity contribution in [2.24, 2.45) is 23.7 Å². The average Bonchev–Trinajstić information content (AvgIpc) is 3.14. The lowest BCUT2D eigenvalue weighted by Crippen LogP contribution is -2.44. The summed E-state index contributed by atoms with van der Waals surface area (Å²) in [6.45, 7) is 1.30. The second-order valence-corrected chi connectivity index (χ2v) is 6.62. The van der Waals surface area contributed by atoms with E-state index < -0.39 is 11.9 Å². The number of amides is 1. The monoisotopic (exact) mass is 297 g/mol. The second kappa shape index (κ2) is 4.97. The van der Waals surface area contributed by atoms with Crippen molar-refractivity contribution in [1.82, 2.24) is 4.90 Å². The van der Waals surface area contributed by atoms with E-state index in [0.29, 0.717) is 13.1 Å². The Kier molecular flexibility index (Phi) is 3.06. The molecule has 1 aromatic rings. The molecule has 1 aromatic carbocycles. The van der Waals surface area contributed by atoms with Gasteiger partial charge in [0, 0.05) is 13.1 Å². The van der Waals surface area contributed by atoms with Crippen LogP contribution in [0.3, 0.4) is 0 Å². The van der Waals surface area contributed by atoms with Crippen LogP contribution in [0.2, 0.25) is 0 Å². The highest BCUT2D eigenvalue weighted by atomic mass is 16.4. The van der Waals surface area contributed by atoms with E-state index in [1.165, 1.54) is 11.1 Å². The van der Waals surface area contributed by atoms with Crippen LogP contribution in [0.1, 0.15) is 17.5 Å². The number of benzene rings is 1. The average molecular weight is 297 g/mol. The fourth-order valence-electron chi connectivity index (χ4n) is 4.39. The number of carboxylic acids is 1. The molecule has 4 heteroatoms. The molecule has 1 fully saturated rings. The van der Waals surface area contributed by atoms with Crippen LogP contribution in [-0.4, -0.2) is 28.4 Å². The largest absolute Gasteiger partial charge is 0.481 e. The minimum atomic E-state index is -0.826. The Labute approximate surface area is 129 Å². The summed E-state index contributed by atoms with van der Waals surface area (Å²) < 4.78 is 0. The van der Waals surface area contributed by atoms with Gasteiger partial charge in [0.05, 0.1) is 11.8 Å². The number of hydrogen-bond acceptors (Lipinski definition) is 2. The molecule has 1 N–H and O–H groups in total. The maximum Gasteiger partial charge on any atom is 0.307 e. The molecular formula is C18H19NO3. The predicted molar refractivity (Wildman–Crippen MR) is 80.9 cm³/mol. The fourth-order valence-corrected chi connectivity index (χ4v) is 4.39. The minimum absolute atomic E-state index is 0.0266. The maximum absolute atomic E-state index is 12.9. The van der Waals surface area contributed by atoms with Crippen LogP contribution in [0.4, 0.5) is 0 Å². The van der Waals surface area contributed by atoms with Crippen molar-refractivity contribution < 1.29 is 14.7 Å². The molecule has 0 spiro atoms. The zero-order valence-corrected chi connectivity index (χ0v) is 12.3. The SMILES string of the molecule is O=C(O)C1C(C(=O)N2CCc3ccccc3C2)[C@H]2C=C[C@@H]1C2. The van der Waals surface area contributed by atoms with E-state index in [0.717, 1.165) is 12.8 Å². The Hall–Kier alpha value is -2.10. The van der Waals surface area contributed by atoms with Gasteiger partial charge in [0.15, 0.2) is 0 Å². The van der Waals surface area contributed by atoms with Gasteiger partial charge < -0.3 is 10.0 Å². The van der Waals surface area contributed by atoms with Gasteiger partial charge in [0.1, 0.15) is 0 Å². The van der Waals surface area contributed by atoms with Crippen LogP contribution in [0.5, 0.6) is 0 Å². The smallest absolute Gasteiger partial charge is 0.307 e. The van der Waals surface area contributed by atoms with Crippen LogP contribution in [0.25, 0.3) is 0 Å². The third-order valence-corrected chi connectivity index (χ3v) is 5.47. The molecule has 0 radical (unpaired) electrons. The third kappa shape index (κ3) is 1.97. The Morgan fingerprint density at radius 2 is 1.73 bits per heavy atom. The van der Waals surface area contributed by atoms with Crippen molar-refractivity contribution in [3.63, 3.8) is 0 Å². The van der Waals surface area contributed by atoms with E-state index >= 15 is 0 Å². The van der Waals surface area contributed by atoms with Gasteiger partial charge in [-0.2, -0.15) is 0 Å². The Morgan fingerprint density at radius 3 is 2.45 bits per heavy atom. The lowest BCUT2D eigenvalue weighted by molar-refractivity contribution is -0.151. The first-order chi connectivity index (χ1) is 10.6. The molecule has 1 heterocycles. The van der Waals surface area contributed by atoms with Crippen LogP contribution in [-0.2, 0) is 22.6 Å². The van der Waals surface area contributed by atoms with Gasteiger partial charge in [0.25, 0.3) is 0 Å². The van der Waals surface area contributed by atoms with Crippen LogP contribution in [0, 0.1) is 23.7 Å². The molecule has 4 nitrogen and oxygen atoms in total. The fraction of sp³-hybridized carbons (Fsp3) is 0.444. The van der Waals surface area contributed by atoms with Crippen molar-refractivity contribution in [1.29, 1.82) is 0 Å². The van der Waals surface area contributed by atoms with Gasteiger partial charge >= 0.3 is 5.97 Å². The standard InChI is InChI=1S/C18H19NO3/c20-17(15-12-5-6-13(9-12)16(15)18(21)22)19-8-7-11-3-1-2-4-14(11)10-19/h1-6,12-13,15-16H,7-10H2,(H,21,22)/t12-,13+,15?,16?/m0/s1. The predicted octanol–water partition coefficient (Wildman–Crippen LogP) is 2.09. The van der Waals surface area contributed by atoms with Crippen molar-refractivity contribution in [3.8, 4) is 0 Å². The number of carbonyl (C=O) groups excluding carboxylic acids is 1. The zero-order valence-electron chi connectivity index (χ0n) is 12.3. The summed E-state index contributed by atoms with van der Waals surface area (Å²) in [5.41, 5.74) is 2.49. The molecule has 114 valence electrons. The Balaban J connectivity index is 1.58. The first-order valence-corrected chi connectivity index (χ1v) is 7.92. The number of rotatable bonds is 2. The second-order valence-electron chi connectivity index (χ2n) is 6.62. The summed E-state index contributed by atoms with van der Waals surface area (Å²) in [5, 5.41) is 9.51. The van der Waals surface area contributed by atoms with E-state index in [9.17, 15) is 14.7 Å². The van der Waals surface area contributed by atoms with E-state index in [1.807, 2.05) is 29.2 Å². The highest BCUT2D eigenvalue weighted by molar-refractivity contribution is 5.87. The number of nitrogens with zero attached hydrogens (tertiary/aromatic N) is 1. The summed E-state index contributed by atoms with van der Waals surface area (Å²) >= 11 is 0. The molecule has 4 rings (SSSR count). The molecule has 22 heavy (non-hydrogen) atoms. The molecule has 2 aliphatic carbocycles. The first kappa shape index (κ1) is 13.6. The summed E-state index contributed by atoms with van der Waals surface area (Å²) in [7, 11) is 0. The number of allylic oxidation sites excluding steroid dienone is 2. The number of carboxylic acid groups (broad SMARTS) is 1. The van der Waals surface area contributed by atoms with Crippen molar-refractivity contribution in [2.75, 3.05) is 6.54 Å². The van der Waals surface area contributed by atoms with Gasteiger partial charge in [-0.05, 0) is 35.8 Å². The molecule has 1 amide bonds. The summed E-state index contributed by atoms with van der Waals surface area (Å²) in [6, 6.07) is 8.19. The topological polar surface area (TPSA) is 57.6 Å². The highest BCUT2D eigenvalue weighted by Gasteiger charge is 2.52. The van der Waals surface area contributed by atoms with Gasteiger partial charge in [0.2, 0.25) is 5.91 Å². The van der Waals surface area contributed by atoms with Gasteiger partial charge in [-0.25, -0.2) is 0 Å². The van der Waals surface area contributed by atoms with Crippen LogP contribution < -0.4 is 0 Å². The van der Waals surface area contributed by atoms with Crippen molar-refractivity contribution in [2.45, 2.75) is 19.4 Å². The van der Waals surface area contributed by atoms with Gasteiger partial charge in [-0.3, -0.25) is 9.59 Å². The van der Waals surface area contributed by atoms with Crippen molar-refractivity contribution >= 4 is 11.9 Å². The maximum atomic E-state index is 12.9. The molecule has 1 saturated carbocycles. The summed E-state index contributed by atoms with van der Waals surface area (Å²) in [6.07, 6.45) is 5.71. The van der Waals surface area contributed by atoms with Crippen molar-refractivity contribution in [3.05, 3.63) is 47.5 Å². The lowest BCUT2D eigenvalue weighted by atomic mass is 9.81. The van der Waals surface area contributed by atoms with Gasteiger partial charge in [-0.15, -0.1) is 0 Å². The van der Waals surface area contributed by atoms with E-state index in [4.69, 9.17) is 0 Å².